The lowest BCUT2D eigenvalue weighted by atomic mass is 10.3. The van der Waals surface area contributed by atoms with Crippen LogP contribution < -0.4 is 10.2 Å². The molecule has 2 rings (SSSR count). The summed E-state index contributed by atoms with van der Waals surface area (Å²) in [4.78, 5) is 13.6. The molecule has 2 aromatic rings. The third-order valence-electron chi connectivity index (χ3n) is 2.79. The van der Waals surface area contributed by atoms with Crippen LogP contribution in [0.1, 0.15) is 11.4 Å². The molecule has 0 spiro atoms. The highest BCUT2D eigenvalue weighted by atomic mass is 16.3. The first-order chi connectivity index (χ1) is 9.19. The standard InChI is InChI=1S/C13H19N5O/c1-10-16-12(15-9-11-3-4-14-8-11)7-13(17-10)18(2)5-6-19/h3-4,7-8,14,19H,5-6,9H2,1-2H3,(H,15,16,17). The molecule has 2 heterocycles. The first kappa shape index (κ1) is 13.4. The summed E-state index contributed by atoms with van der Waals surface area (Å²) in [6.07, 6.45) is 3.84. The van der Waals surface area contributed by atoms with Crippen molar-refractivity contribution in [2.75, 3.05) is 30.4 Å². The summed E-state index contributed by atoms with van der Waals surface area (Å²) in [6.45, 7) is 3.22. The Labute approximate surface area is 112 Å². The van der Waals surface area contributed by atoms with Crippen molar-refractivity contribution in [2.24, 2.45) is 0 Å². The van der Waals surface area contributed by atoms with Crippen molar-refractivity contribution in [3.63, 3.8) is 0 Å². The van der Waals surface area contributed by atoms with Gasteiger partial charge in [0.1, 0.15) is 17.5 Å². The summed E-state index contributed by atoms with van der Waals surface area (Å²) in [5.74, 6) is 2.30. The van der Waals surface area contributed by atoms with Crippen LogP contribution in [-0.4, -0.2) is 40.3 Å². The maximum atomic E-state index is 8.96. The highest BCUT2D eigenvalue weighted by molar-refractivity contribution is 5.49. The van der Waals surface area contributed by atoms with Gasteiger partial charge < -0.3 is 20.3 Å². The topological polar surface area (TPSA) is 77.1 Å². The number of aryl methyl sites for hydroxylation is 1. The van der Waals surface area contributed by atoms with Crippen LogP contribution in [-0.2, 0) is 6.54 Å². The highest BCUT2D eigenvalue weighted by Crippen LogP contribution is 2.15. The molecule has 0 atom stereocenters. The molecule has 102 valence electrons. The second-order valence-corrected chi connectivity index (χ2v) is 4.38. The van der Waals surface area contributed by atoms with Gasteiger partial charge in [0.15, 0.2) is 0 Å². The summed E-state index contributed by atoms with van der Waals surface area (Å²) < 4.78 is 0. The summed E-state index contributed by atoms with van der Waals surface area (Å²) in [5, 5.41) is 12.2. The Kier molecular flexibility index (Phi) is 4.35. The highest BCUT2D eigenvalue weighted by Gasteiger charge is 2.06. The monoisotopic (exact) mass is 261 g/mol. The molecule has 0 amide bonds. The number of anilines is 2. The van der Waals surface area contributed by atoms with Gasteiger partial charge in [-0.05, 0) is 18.6 Å². The van der Waals surface area contributed by atoms with E-state index in [4.69, 9.17) is 5.11 Å². The van der Waals surface area contributed by atoms with Gasteiger partial charge in [0.2, 0.25) is 0 Å². The predicted molar refractivity (Wildman–Crippen MR) is 75.2 cm³/mol. The zero-order valence-electron chi connectivity index (χ0n) is 11.2. The Morgan fingerprint density at radius 2 is 2.26 bits per heavy atom. The summed E-state index contributed by atoms with van der Waals surface area (Å²) >= 11 is 0. The van der Waals surface area contributed by atoms with Gasteiger partial charge in [-0.3, -0.25) is 0 Å². The van der Waals surface area contributed by atoms with Crippen LogP contribution in [0.4, 0.5) is 11.6 Å². The van der Waals surface area contributed by atoms with Crippen LogP contribution in [0.2, 0.25) is 0 Å². The van der Waals surface area contributed by atoms with Crippen LogP contribution in [0.5, 0.6) is 0 Å². The van der Waals surface area contributed by atoms with Crippen molar-refractivity contribution in [1.82, 2.24) is 15.0 Å². The quantitative estimate of drug-likeness (QED) is 0.727. The first-order valence-electron chi connectivity index (χ1n) is 6.22. The van der Waals surface area contributed by atoms with E-state index in [1.54, 1.807) is 0 Å². The van der Waals surface area contributed by atoms with Crippen LogP contribution in [0.25, 0.3) is 0 Å². The third-order valence-corrected chi connectivity index (χ3v) is 2.79. The number of aromatic amines is 1. The number of nitrogens with zero attached hydrogens (tertiary/aromatic N) is 3. The van der Waals surface area contributed by atoms with Crippen molar-refractivity contribution >= 4 is 11.6 Å². The molecule has 0 saturated heterocycles. The average Bonchev–Trinajstić information content (AvgIpc) is 2.89. The summed E-state index contributed by atoms with van der Waals surface area (Å²) in [6, 6.07) is 3.90. The van der Waals surface area contributed by atoms with Gasteiger partial charge in [-0.15, -0.1) is 0 Å². The number of aliphatic hydroxyl groups is 1. The second-order valence-electron chi connectivity index (χ2n) is 4.38. The van der Waals surface area contributed by atoms with E-state index in [1.165, 1.54) is 5.56 Å². The molecule has 0 fully saturated rings. The molecule has 6 nitrogen and oxygen atoms in total. The number of H-pyrrole nitrogens is 1. The second kappa shape index (κ2) is 6.19. The van der Waals surface area contributed by atoms with Gasteiger partial charge in [0.05, 0.1) is 6.61 Å². The maximum Gasteiger partial charge on any atom is 0.134 e. The van der Waals surface area contributed by atoms with Crippen LogP contribution >= 0.6 is 0 Å². The van der Waals surface area contributed by atoms with E-state index in [1.807, 2.05) is 43.4 Å². The van der Waals surface area contributed by atoms with E-state index in [0.29, 0.717) is 18.9 Å². The first-order valence-corrected chi connectivity index (χ1v) is 6.22. The molecule has 19 heavy (non-hydrogen) atoms. The smallest absolute Gasteiger partial charge is 0.134 e. The molecule has 0 saturated carbocycles. The van der Waals surface area contributed by atoms with Crippen LogP contribution in [0, 0.1) is 6.92 Å². The Balaban J connectivity index is 2.07. The lowest BCUT2D eigenvalue weighted by Gasteiger charge is -2.18. The van der Waals surface area contributed by atoms with Gasteiger partial charge in [0, 0.05) is 38.6 Å². The Bertz CT molecular complexity index is 512. The minimum Gasteiger partial charge on any atom is -0.395 e. The van der Waals surface area contributed by atoms with Gasteiger partial charge in [-0.2, -0.15) is 0 Å². The molecule has 0 aliphatic heterocycles. The van der Waals surface area contributed by atoms with E-state index in [2.05, 4.69) is 20.3 Å². The average molecular weight is 261 g/mol. The zero-order chi connectivity index (χ0) is 13.7. The van der Waals surface area contributed by atoms with E-state index >= 15 is 0 Å². The summed E-state index contributed by atoms with van der Waals surface area (Å²) in [5.41, 5.74) is 1.17. The van der Waals surface area contributed by atoms with Crippen molar-refractivity contribution in [3.8, 4) is 0 Å². The van der Waals surface area contributed by atoms with Crippen molar-refractivity contribution in [1.29, 1.82) is 0 Å². The van der Waals surface area contributed by atoms with E-state index in [-0.39, 0.29) is 6.61 Å². The molecular formula is C13H19N5O. The lowest BCUT2D eigenvalue weighted by molar-refractivity contribution is 0.304. The maximum absolute atomic E-state index is 8.96. The van der Waals surface area contributed by atoms with Crippen molar-refractivity contribution in [2.45, 2.75) is 13.5 Å². The number of rotatable bonds is 6. The lowest BCUT2D eigenvalue weighted by Crippen LogP contribution is -2.23. The number of aliphatic hydroxyl groups excluding tert-OH is 1. The zero-order valence-corrected chi connectivity index (χ0v) is 11.2. The molecule has 3 N–H and O–H groups in total. The molecule has 6 heteroatoms. The van der Waals surface area contributed by atoms with Gasteiger partial charge in [0.25, 0.3) is 0 Å². The largest absolute Gasteiger partial charge is 0.395 e. The van der Waals surface area contributed by atoms with Gasteiger partial charge in [-0.1, -0.05) is 0 Å². The molecular weight excluding hydrogens is 242 g/mol. The Hall–Kier alpha value is -2.08. The molecule has 0 bridgehead atoms. The predicted octanol–water partition coefficient (Wildman–Crippen LogP) is 1.15. The fourth-order valence-electron chi connectivity index (χ4n) is 1.76. The SMILES string of the molecule is Cc1nc(NCc2cc[nH]c2)cc(N(C)CCO)n1. The minimum absolute atomic E-state index is 0.103. The fourth-order valence-corrected chi connectivity index (χ4v) is 1.76. The van der Waals surface area contributed by atoms with Crippen molar-refractivity contribution in [3.05, 3.63) is 35.9 Å². The molecule has 0 aromatic carbocycles. The number of nitrogens with one attached hydrogen (secondary N) is 2. The van der Waals surface area contributed by atoms with E-state index < -0.39 is 0 Å². The van der Waals surface area contributed by atoms with Crippen molar-refractivity contribution < 1.29 is 5.11 Å². The molecule has 0 aliphatic rings. The van der Waals surface area contributed by atoms with Crippen LogP contribution in [0.3, 0.4) is 0 Å². The van der Waals surface area contributed by atoms with E-state index in [9.17, 15) is 0 Å². The number of aromatic nitrogens is 3. The molecule has 0 aliphatic carbocycles. The molecule has 0 unspecified atom stereocenters. The van der Waals surface area contributed by atoms with Crippen LogP contribution in [0.15, 0.2) is 24.5 Å². The van der Waals surface area contributed by atoms with Gasteiger partial charge in [-0.25, -0.2) is 9.97 Å². The number of hydrogen-bond acceptors (Lipinski definition) is 5. The van der Waals surface area contributed by atoms with Gasteiger partial charge >= 0.3 is 0 Å². The van der Waals surface area contributed by atoms with E-state index in [0.717, 1.165) is 11.6 Å². The minimum atomic E-state index is 0.103. The Morgan fingerprint density at radius 3 is 2.95 bits per heavy atom. The fraction of sp³-hybridized carbons (Fsp3) is 0.385. The molecule has 2 aromatic heterocycles. The molecule has 0 radical (unpaired) electrons. The number of likely N-dealkylation sites (N-methyl/N-ethyl adjacent to an activating group) is 1. The third kappa shape index (κ3) is 3.69. The Morgan fingerprint density at radius 1 is 1.42 bits per heavy atom. The summed E-state index contributed by atoms with van der Waals surface area (Å²) in [7, 11) is 1.90. The normalized spacial score (nSPS) is 10.5. The number of hydrogen-bond donors (Lipinski definition) is 3.